The lowest BCUT2D eigenvalue weighted by atomic mass is 9.86. The molecule has 116 valence electrons. The van der Waals surface area contributed by atoms with Crippen molar-refractivity contribution < 1.29 is 23.4 Å². The molecule has 3 nitrogen and oxygen atoms in total. The molecule has 0 amide bonds. The van der Waals surface area contributed by atoms with Crippen molar-refractivity contribution in [3.05, 3.63) is 69.2 Å². The van der Waals surface area contributed by atoms with Gasteiger partial charge < -0.3 is 9.84 Å². The Morgan fingerprint density at radius 1 is 1.05 bits per heavy atom. The number of rotatable bonds is 3. The first kappa shape index (κ1) is 16.7. The van der Waals surface area contributed by atoms with Crippen LogP contribution in [0, 0.1) is 11.6 Å². The van der Waals surface area contributed by atoms with E-state index in [9.17, 15) is 18.7 Å². The van der Waals surface area contributed by atoms with Crippen LogP contribution in [-0.2, 0) is 15.1 Å². The van der Waals surface area contributed by atoms with Gasteiger partial charge in [0.05, 0.1) is 17.2 Å². The Morgan fingerprint density at radius 2 is 1.45 bits per heavy atom. The number of benzene rings is 2. The van der Waals surface area contributed by atoms with Gasteiger partial charge in [-0.1, -0.05) is 35.3 Å². The molecule has 0 spiro atoms. The fraction of sp³-hybridized carbons (Fsp3) is 0.133. The molecule has 0 saturated heterocycles. The van der Waals surface area contributed by atoms with Gasteiger partial charge >= 0.3 is 5.97 Å². The predicted molar refractivity (Wildman–Crippen MR) is 77.8 cm³/mol. The van der Waals surface area contributed by atoms with Crippen LogP contribution < -0.4 is 0 Å². The molecule has 0 heterocycles. The number of esters is 1. The molecule has 22 heavy (non-hydrogen) atoms. The maximum Gasteiger partial charge on any atom is 0.347 e. The summed E-state index contributed by atoms with van der Waals surface area (Å²) in [5.74, 6) is -2.47. The summed E-state index contributed by atoms with van der Waals surface area (Å²) in [5, 5.41) is 10.2. The van der Waals surface area contributed by atoms with Gasteiger partial charge in [0.2, 0.25) is 5.60 Å². The molecule has 0 saturated carbocycles. The number of carbonyl (C=O) groups is 1. The van der Waals surface area contributed by atoms with Crippen LogP contribution in [0.1, 0.15) is 11.1 Å². The number of halogens is 4. The highest BCUT2D eigenvalue weighted by molar-refractivity contribution is 6.31. The van der Waals surface area contributed by atoms with Crippen molar-refractivity contribution in [1.29, 1.82) is 0 Å². The van der Waals surface area contributed by atoms with Crippen LogP contribution in [0.5, 0.6) is 0 Å². The summed E-state index contributed by atoms with van der Waals surface area (Å²) in [6.45, 7) is 0. The quantitative estimate of drug-likeness (QED) is 0.862. The Balaban J connectivity index is 2.68. The second-order valence-electron chi connectivity index (χ2n) is 4.46. The summed E-state index contributed by atoms with van der Waals surface area (Å²) in [7, 11) is 1.07. The lowest BCUT2D eigenvalue weighted by Gasteiger charge is -2.26. The van der Waals surface area contributed by atoms with E-state index in [1.54, 1.807) is 0 Å². The first-order valence-corrected chi connectivity index (χ1v) is 6.78. The molecule has 0 radical (unpaired) electrons. The maximum absolute atomic E-state index is 13.3. The fourth-order valence-corrected chi connectivity index (χ4v) is 2.35. The van der Waals surface area contributed by atoms with E-state index in [1.165, 1.54) is 12.1 Å². The molecular weight excluding hydrogens is 337 g/mol. The first-order chi connectivity index (χ1) is 10.3. The molecule has 0 unspecified atom stereocenters. The maximum atomic E-state index is 13.3. The minimum atomic E-state index is -2.30. The molecule has 1 N–H and O–H groups in total. The van der Waals surface area contributed by atoms with Gasteiger partial charge in [-0.25, -0.2) is 13.6 Å². The molecule has 0 aromatic heterocycles. The van der Waals surface area contributed by atoms with Gasteiger partial charge in [-0.05, 0) is 24.3 Å². The van der Waals surface area contributed by atoms with Crippen LogP contribution in [0.3, 0.4) is 0 Å². The molecule has 2 aromatic carbocycles. The number of ether oxygens (including phenoxy) is 1. The summed E-state index contributed by atoms with van der Waals surface area (Å²) in [6, 6.07) is 6.52. The summed E-state index contributed by atoms with van der Waals surface area (Å²) in [6.07, 6.45) is 0. The minimum Gasteiger partial charge on any atom is -0.466 e. The highest BCUT2D eigenvalue weighted by Gasteiger charge is 2.42. The largest absolute Gasteiger partial charge is 0.466 e. The van der Waals surface area contributed by atoms with Gasteiger partial charge in [-0.15, -0.1) is 0 Å². The molecule has 2 aromatic rings. The highest BCUT2D eigenvalue weighted by Crippen LogP contribution is 2.34. The fourth-order valence-electron chi connectivity index (χ4n) is 1.99. The van der Waals surface area contributed by atoms with Gasteiger partial charge in [0, 0.05) is 11.1 Å². The normalized spacial score (nSPS) is 11.4. The number of hydrogen-bond donors (Lipinski definition) is 1. The van der Waals surface area contributed by atoms with E-state index in [0.717, 1.165) is 31.4 Å². The van der Waals surface area contributed by atoms with Gasteiger partial charge in [0.15, 0.2) is 0 Å². The average Bonchev–Trinajstić information content (AvgIpc) is 2.51. The number of hydrogen-bond acceptors (Lipinski definition) is 3. The van der Waals surface area contributed by atoms with Crippen LogP contribution in [0.4, 0.5) is 8.78 Å². The van der Waals surface area contributed by atoms with Gasteiger partial charge in [0.25, 0.3) is 0 Å². The second kappa shape index (κ2) is 6.20. The van der Waals surface area contributed by atoms with Crippen LogP contribution in [0.15, 0.2) is 36.4 Å². The minimum absolute atomic E-state index is 0.0339. The Bertz CT molecular complexity index is 683. The third-order valence-electron chi connectivity index (χ3n) is 3.16. The molecule has 0 aliphatic rings. The number of aliphatic hydroxyl groups is 1. The Hall–Kier alpha value is -1.69. The van der Waals surface area contributed by atoms with Crippen molar-refractivity contribution in [3.63, 3.8) is 0 Å². The van der Waals surface area contributed by atoms with E-state index in [0.29, 0.717) is 0 Å². The zero-order valence-electron chi connectivity index (χ0n) is 11.2. The molecular formula is C15H10Cl2F2O3. The van der Waals surface area contributed by atoms with Crippen molar-refractivity contribution in [1.82, 2.24) is 0 Å². The summed E-state index contributed by atoms with van der Waals surface area (Å²) < 4.78 is 31.2. The zero-order chi connectivity index (χ0) is 16.5. The van der Waals surface area contributed by atoms with Crippen LogP contribution >= 0.6 is 23.2 Å². The van der Waals surface area contributed by atoms with E-state index < -0.39 is 23.2 Å². The number of methoxy groups -OCH3 is 1. The monoisotopic (exact) mass is 346 g/mol. The van der Waals surface area contributed by atoms with Gasteiger partial charge in [-0.3, -0.25) is 0 Å². The topological polar surface area (TPSA) is 46.5 Å². The molecule has 0 aliphatic heterocycles. The molecule has 0 bridgehead atoms. The van der Waals surface area contributed by atoms with Crippen LogP contribution in [0.2, 0.25) is 10.0 Å². The van der Waals surface area contributed by atoms with E-state index in [1.807, 2.05) is 0 Å². The van der Waals surface area contributed by atoms with E-state index in [2.05, 4.69) is 4.74 Å². The van der Waals surface area contributed by atoms with Crippen molar-refractivity contribution in [3.8, 4) is 0 Å². The standard InChI is InChI=1S/C15H10Cl2F2O3/c1-22-14(20)15(21,8-2-4-12(18)10(16)6-8)9-3-5-13(19)11(17)7-9/h2-7,21H,1H3. The van der Waals surface area contributed by atoms with E-state index in [-0.39, 0.29) is 21.2 Å². The SMILES string of the molecule is COC(=O)C(O)(c1ccc(F)c(Cl)c1)c1ccc(F)c(Cl)c1. The third kappa shape index (κ3) is 2.79. The molecule has 0 aliphatic carbocycles. The van der Waals surface area contributed by atoms with Crippen molar-refractivity contribution in [2.24, 2.45) is 0 Å². The first-order valence-electron chi connectivity index (χ1n) is 6.02. The second-order valence-corrected chi connectivity index (χ2v) is 5.27. The smallest absolute Gasteiger partial charge is 0.347 e. The Morgan fingerprint density at radius 3 is 1.77 bits per heavy atom. The number of carbonyl (C=O) groups excluding carboxylic acids is 1. The summed E-state index contributed by atoms with van der Waals surface area (Å²) in [5.41, 5.74) is -2.37. The van der Waals surface area contributed by atoms with Gasteiger partial charge in [0.1, 0.15) is 11.6 Å². The molecule has 0 atom stereocenters. The molecule has 0 fully saturated rings. The van der Waals surface area contributed by atoms with Crippen LogP contribution in [-0.4, -0.2) is 18.2 Å². The Kier molecular flexibility index (Phi) is 4.70. The van der Waals surface area contributed by atoms with Crippen molar-refractivity contribution >= 4 is 29.2 Å². The van der Waals surface area contributed by atoms with Crippen molar-refractivity contribution in [2.45, 2.75) is 5.60 Å². The summed E-state index contributed by atoms with van der Waals surface area (Å²) >= 11 is 11.4. The highest BCUT2D eigenvalue weighted by atomic mass is 35.5. The molecule has 7 heteroatoms. The summed E-state index contributed by atoms with van der Waals surface area (Å²) in [4.78, 5) is 12.1. The third-order valence-corrected chi connectivity index (χ3v) is 3.73. The zero-order valence-corrected chi connectivity index (χ0v) is 12.8. The average molecular weight is 347 g/mol. The van der Waals surface area contributed by atoms with Crippen LogP contribution in [0.25, 0.3) is 0 Å². The predicted octanol–water partition coefficient (Wildman–Crippen LogP) is 3.68. The van der Waals surface area contributed by atoms with E-state index >= 15 is 0 Å². The van der Waals surface area contributed by atoms with Crippen molar-refractivity contribution in [2.75, 3.05) is 7.11 Å². The Labute approximate surface area is 135 Å². The lowest BCUT2D eigenvalue weighted by molar-refractivity contribution is -0.158. The molecule has 2 rings (SSSR count). The van der Waals surface area contributed by atoms with E-state index in [4.69, 9.17) is 23.2 Å². The van der Waals surface area contributed by atoms with Gasteiger partial charge in [-0.2, -0.15) is 0 Å². The lowest BCUT2D eigenvalue weighted by Crippen LogP contribution is -2.38.